The summed E-state index contributed by atoms with van der Waals surface area (Å²) in [5.74, 6) is -0.973. The first-order valence-corrected chi connectivity index (χ1v) is 24.9. The van der Waals surface area contributed by atoms with Gasteiger partial charge in [0.25, 0.3) is 0 Å². The number of esters is 3. The van der Waals surface area contributed by atoms with Gasteiger partial charge in [0.2, 0.25) is 0 Å². The van der Waals surface area contributed by atoms with Crippen LogP contribution in [0.1, 0.15) is 233 Å². The van der Waals surface area contributed by atoms with Crippen molar-refractivity contribution in [2.45, 2.75) is 239 Å². The van der Waals surface area contributed by atoms with Crippen molar-refractivity contribution in [2.24, 2.45) is 0 Å². The van der Waals surface area contributed by atoms with Gasteiger partial charge in [-0.3, -0.25) is 14.4 Å². The molecule has 344 valence electrons. The molecular weight excluding hydrogens is 745 g/mol. The standard InChI is InChI=1S/C54H92O6/c1-4-7-10-13-16-19-22-24-26-27-28-30-32-35-38-41-44-47-53(56)59-50-51(49-58-52(55)46-43-40-37-34-31-21-18-15-12-9-6-3)60-54(57)48-45-42-39-36-33-29-25-23-20-17-14-11-8-5-2/h8,11,15,17-18,20,24,26,28,30,35,38,51H,4-7,9-10,12-14,16,19,21-23,25,27,29,31-34,36-37,39-50H2,1-3H3/b11-8-,18-15-,20-17-,26-24-,30-28-,38-35-. The molecule has 0 aliphatic carbocycles. The van der Waals surface area contributed by atoms with E-state index >= 15 is 0 Å². The Bertz CT molecular complexity index is 1140. The van der Waals surface area contributed by atoms with E-state index in [0.29, 0.717) is 19.3 Å². The van der Waals surface area contributed by atoms with E-state index in [2.05, 4.69) is 93.7 Å². The lowest BCUT2D eigenvalue weighted by Gasteiger charge is -2.18. The number of carbonyl (C=O) groups excluding carboxylic acids is 3. The van der Waals surface area contributed by atoms with Crippen molar-refractivity contribution in [3.63, 3.8) is 0 Å². The number of rotatable bonds is 44. The molecule has 6 heteroatoms. The van der Waals surface area contributed by atoms with Crippen LogP contribution in [0.15, 0.2) is 72.9 Å². The molecular formula is C54H92O6. The summed E-state index contributed by atoms with van der Waals surface area (Å²) in [7, 11) is 0. The first-order valence-electron chi connectivity index (χ1n) is 24.9. The van der Waals surface area contributed by atoms with Gasteiger partial charge in [-0.25, -0.2) is 0 Å². The summed E-state index contributed by atoms with van der Waals surface area (Å²) in [4.78, 5) is 37.9. The Morgan fingerprint density at radius 2 is 0.683 bits per heavy atom. The molecule has 0 N–H and O–H groups in total. The molecule has 1 unspecified atom stereocenters. The predicted octanol–water partition coefficient (Wildman–Crippen LogP) is 16.3. The second-order valence-electron chi connectivity index (χ2n) is 16.3. The van der Waals surface area contributed by atoms with Crippen LogP contribution in [0.4, 0.5) is 0 Å². The topological polar surface area (TPSA) is 78.9 Å². The normalized spacial score (nSPS) is 12.7. The van der Waals surface area contributed by atoms with E-state index in [4.69, 9.17) is 14.2 Å². The Hall–Kier alpha value is -3.15. The van der Waals surface area contributed by atoms with E-state index in [1.54, 1.807) is 0 Å². The molecule has 1 atom stereocenters. The van der Waals surface area contributed by atoms with Crippen molar-refractivity contribution < 1.29 is 28.6 Å². The van der Waals surface area contributed by atoms with Gasteiger partial charge in [0, 0.05) is 19.3 Å². The maximum absolute atomic E-state index is 12.8. The molecule has 0 fully saturated rings. The second-order valence-corrected chi connectivity index (χ2v) is 16.3. The van der Waals surface area contributed by atoms with Gasteiger partial charge in [0.15, 0.2) is 6.10 Å². The Kier molecular flexibility index (Phi) is 46.0. The molecule has 0 saturated carbocycles. The molecule has 0 aromatic heterocycles. The van der Waals surface area contributed by atoms with E-state index in [1.165, 1.54) is 96.3 Å². The van der Waals surface area contributed by atoms with Crippen LogP contribution in [0.25, 0.3) is 0 Å². The molecule has 60 heavy (non-hydrogen) atoms. The van der Waals surface area contributed by atoms with Gasteiger partial charge < -0.3 is 14.2 Å². The summed E-state index contributed by atoms with van der Waals surface area (Å²) in [6, 6.07) is 0. The van der Waals surface area contributed by atoms with E-state index in [9.17, 15) is 14.4 Å². The quantitative estimate of drug-likeness (QED) is 0.0263. The van der Waals surface area contributed by atoms with Gasteiger partial charge in [0.05, 0.1) is 0 Å². The summed E-state index contributed by atoms with van der Waals surface area (Å²) in [5.41, 5.74) is 0. The maximum atomic E-state index is 12.8. The minimum absolute atomic E-state index is 0.0992. The Labute approximate surface area is 370 Å². The van der Waals surface area contributed by atoms with Crippen LogP contribution in [0.2, 0.25) is 0 Å². The van der Waals surface area contributed by atoms with Crippen molar-refractivity contribution in [3.05, 3.63) is 72.9 Å². The molecule has 0 aliphatic heterocycles. The fourth-order valence-electron chi connectivity index (χ4n) is 6.65. The number of ether oxygens (including phenoxy) is 3. The third kappa shape index (κ3) is 45.9. The summed E-state index contributed by atoms with van der Waals surface area (Å²) in [5, 5.41) is 0. The van der Waals surface area contributed by atoms with Crippen molar-refractivity contribution in [3.8, 4) is 0 Å². The minimum atomic E-state index is -0.801. The average molecular weight is 837 g/mol. The van der Waals surface area contributed by atoms with Gasteiger partial charge in [-0.05, 0) is 96.3 Å². The lowest BCUT2D eigenvalue weighted by Crippen LogP contribution is -2.30. The highest BCUT2D eigenvalue weighted by Gasteiger charge is 2.19. The summed E-state index contributed by atoms with van der Waals surface area (Å²) >= 11 is 0. The van der Waals surface area contributed by atoms with Crippen molar-refractivity contribution in [1.82, 2.24) is 0 Å². The zero-order chi connectivity index (χ0) is 43.7. The molecule has 0 saturated heterocycles. The third-order valence-corrected chi connectivity index (χ3v) is 10.4. The van der Waals surface area contributed by atoms with E-state index in [0.717, 1.165) is 89.9 Å². The van der Waals surface area contributed by atoms with Crippen LogP contribution in [0, 0.1) is 0 Å². The van der Waals surface area contributed by atoms with Gasteiger partial charge in [-0.2, -0.15) is 0 Å². The molecule has 0 aliphatic rings. The third-order valence-electron chi connectivity index (χ3n) is 10.4. The molecule has 0 aromatic rings. The Morgan fingerprint density at radius 1 is 0.350 bits per heavy atom. The van der Waals surface area contributed by atoms with Crippen molar-refractivity contribution >= 4 is 17.9 Å². The van der Waals surface area contributed by atoms with Gasteiger partial charge in [-0.1, -0.05) is 190 Å². The van der Waals surface area contributed by atoms with Crippen molar-refractivity contribution in [2.75, 3.05) is 13.2 Å². The monoisotopic (exact) mass is 837 g/mol. The maximum Gasteiger partial charge on any atom is 0.306 e. The molecule has 0 rings (SSSR count). The molecule has 0 heterocycles. The first-order chi connectivity index (χ1) is 29.5. The van der Waals surface area contributed by atoms with Crippen molar-refractivity contribution in [1.29, 1.82) is 0 Å². The largest absolute Gasteiger partial charge is 0.462 e. The van der Waals surface area contributed by atoms with Crippen LogP contribution < -0.4 is 0 Å². The lowest BCUT2D eigenvalue weighted by atomic mass is 10.1. The molecule has 0 spiro atoms. The highest BCUT2D eigenvalue weighted by molar-refractivity contribution is 5.71. The summed E-state index contributed by atoms with van der Waals surface area (Å²) < 4.78 is 16.7. The number of unbranched alkanes of at least 4 members (excludes halogenated alkanes) is 21. The average Bonchev–Trinajstić information content (AvgIpc) is 3.24. The van der Waals surface area contributed by atoms with Crippen LogP contribution in [-0.4, -0.2) is 37.2 Å². The van der Waals surface area contributed by atoms with Crippen LogP contribution in [0.5, 0.6) is 0 Å². The first kappa shape index (κ1) is 56.9. The van der Waals surface area contributed by atoms with E-state index in [-0.39, 0.29) is 37.5 Å². The van der Waals surface area contributed by atoms with E-state index in [1.807, 2.05) is 0 Å². The highest BCUT2D eigenvalue weighted by atomic mass is 16.6. The Morgan fingerprint density at radius 3 is 1.15 bits per heavy atom. The van der Waals surface area contributed by atoms with Crippen LogP contribution >= 0.6 is 0 Å². The van der Waals surface area contributed by atoms with Crippen LogP contribution in [-0.2, 0) is 28.6 Å². The zero-order valence-corrected chi connectivity index (χ0v) is 39.2. The highest BCUT2D eigenvalue weighted by Crippen LogP contribution is 2.13. The van der Waals surface area contributed by atoms with E-state index < -0.39 is 6.10 Å². The fraction of sp³-hybridized carbons (Fsp3) is 0.722. The second kappa shape index (κ2) is 48.5. The minimum Gasteiger partial charge on any atom is -0.462 e. The predicted molar refractivity (Wildman–Crippen MR) is 256 cm³/mol. The smallest absolute Gasteiger partial charge is 0.306 e. The molecule has 0 bridgehead atoms. The Balaban J connectivity index is 4.46. The number of hydrogen-bond acceptors (Lipinski definition) is 6. The summed E-state index contributed by atoms with van der Waals surface area (Å²) in [6.45, 7) is 6.42. The van der Waals surface area contributed by atoms with Crippen LogP contribution in [0.3, 0.4) is 0 Å². The number of carbonyl (C=O) groups is 3. The number of allylic oxidation sites excluding steroid dienone is 12. The number of hydrogen-bond donors (Lipinski definition) is 0. The fourth-order valence-corrected chi connectivity index (χ4v) is 6.65. The zero-order valence-electron chi connectivity index (χ0n) is 39.2. The molecule has 0 amide bonds. The molecule has 0 radical (unpaired) electrons. The molecule has 0 aromatic carbocycles. The van der Waals surface area contributed by atoms with Gasteiger partial charge in [-0.15, -0.1) is 0 Å². The van der Waals surface area contributed by atoms with Gasteiger partial charge in [0.1, 0.15) is 13.2 Å². The molecule has 6 nitrogen and oxygen atoms in total. The SMILES string of the molecule is CC/C=C\C/C=C\CCCCCCCCCC(=O)OC(COC(=O)CCC/C=C\C/C=C\C/C=C\CCCCCCCC)COC(=O)CCCCCCC/C=C\CCCC. The summed E-state index contributed by atoms with van der Waals surface area (Å²) in [6.07, 6.45) is 60.3. The lowest BCUT2D eigenvalue weighted by molar-refractivity contribution is -0.167. The van der Waals surface area contributed by atoms with Gasteiger partial charge >= 0.3 is 17.9 Å².